The molecule has 3 rings (SSSR count). The van der Waals surface area contributed by atoms with Crippen molar-refractivity contribution < 1.29 is 5.11 Å². The van der Waals surface area contributed by atoms with Gasteiger partial charge in [0, 0.05) is 18.1 Å². The topological polar surface area (TPSA) is 72.0 Å². The number of fused-ring (bicyclic) bond motifs is 1. The van der Waals surface area contributed by atoms with Gasteiger partial charge in [-0.05, 0) is 30.4 Å². The summed E-state index contributed by atoms with van der Waals surface area (Å²) in [6, 6.07) is 10.1. The highest BCUT2D eigenvalue weighted by Crippen LogP contribution is 2.33. The minimum Gasteiger partial charge on any atom is -0.396 e. The molecule has 1 heterocycles. The third-order valence-electron chi connectivity index (χ3n) is 4.09. The second-order valence-corrected chi connectivity index (χ2v) is 5.35. The number of rotatable bonds is 5. The largest absolute Gasteiger partial charge is 0.396 e. The van der Waals surface area contributed by atoms with E-state index in [0.717, 1.165) is 30.5 Å². The van der Waals surface area contributed by atoms with E-state index in [1.807, 2.05) is 18.2 Å². The van der Waals surface area contributed by atoms with Crippen LogP contribution in [0.3, 0.4) is 0 Å². The van der Waals surface area contributed by atoms with Crippen LogP contribution in [0.1, 0.15) is 35.6 Å². The maximum atomic E-state index is 9.63. The van der Waals surface area contributed by atoms with Gasteiger partial charge >= 0.3 is 0 Å². The number of nitrogens with two attached hydrogens (primary N) is 1. The Bertz CT molecular complexity index is 652. The highest BCUT2D eigenvalue weighted by Gasteiger charge is 2.20. The predicted molar refractivity (Wildman–Crippen MR) is 83.6 cm³/mol. The number of allylic oxidation sites excluding steroid dienone is 2. The van der Waals surface area contributed by atoms with Crippen LogP contribution in [-0.4, -0.2) is 21.7 Å². The second kappa shape index (κ2) is 6.06. The van der Waals surface area contributed by atoms with Crippen LogP contribution in [-0.2, 0) is 6.42 Å². The lowest BCUT2D eigenvalue weighted by atomic mass is 9.92. The lowest BCUT2D eigenvalue weighted by Crippen LogP contribution is -2.05. The molecule has 0 amide bonds. The van der Waals surface area contributed by atoms with Crippen LogP contribution in [0.15, 0.2) is 42.7 Å². The average Bonchev–Trinajstić information content (AvgIpc) is 2.94. The molecular formula is C17H19N3O. The lowest BCUT2D eigenvalue weighted by Gasteiger charge is -2.15. The van der Waals surface area contributed by atoms with Crippen molar-refractivity contribution in [3.8, 4) is 0 Å². The number of anilines is 1. The maximum Gasteiger partial charge on any atom is 0.130 e. The molecule has 4 heteroatoms. The van der Waals surface area contributed by atoms with Crippen molar-refractivity contribution in [2.24, 2.45) is 0 Å². The minimum atomic E-state index is 0.162. The molecule has 0 bridgehead atoms. The molecule has 0 saturated carbocycles. The molecule has 0 radical (unpaired) electrons. The van der Waals surface area contributed by atoms with Crippen molar-refractivity contribution >= 4 is 11.4 Å². The molecule has 0 fully saturated rings. The zero-order chi connectivity index (χ0) is 14.7. The van der Waals surface area contributed by atoms with Crippen molar-refractivity contribution in [2.45, 2.75) is 25.2 Å². The summed E-state index contributed by atoms with van der Waals surface area (Å²) in [6.45, 7) is 0.163. The summed E-state index contributed by atoms with van der Waals surface area (Å²) < 4.78 is 0. The second-order valence-electron chi connectivity index (χ2n) is 5.35. The van der Waals surface area contributed by atoms with Gasteiger partial charge in [-0.3, -0.25) is 0 Å². The molecule has 1 aromatic carbocycles. The zero-order valence-corrected chi connectivity index (χ0v) is 11.9. The van der Waals surface area contributed by atoms with Crippen molar-refractivity contribution in [1.82, 2.24) is 9.97 Å². The van der Waals surface area contributed by atoms with Gasteiger partial charge in [-0.15, -0.1) is 0 Å². The standard InChI is InChI=1S/C17H19N3O/c18-17-15-9-8-13(16(15)19-11-20-17)6-7-14(10-21)12-4-2-1-3-5-12/h1-5,8,11,14,21H,6-7,9-10H2,(H2,18,19,20)/t14-/m1/s1. The highest BCUT2D eigenvalue weighted by atomic mass is 16.3. The Labute approximate surface area is 124 Å². The summed E-state index contributed by atoms with van der Waals surface area (Å²) in [7, 11) is 0. The number of aromatic nitrogens is 2. The van der Waals surface area contributed by atoms with Crippen molar-refractivity contribution in [3.63, 3.8) is 0 Å². The molecule has 3 N–H and O–H groups in total. The Kier molecular flexibility index (Phi) is 3.97. The molecule has 4 nitrogen and oxygen atoms in total. The third kappa shape index (κ3) is 2.81. The van der Waals surface area contributed by atoms with Crippen LogP contribution in [0.4, 0.5) is 5.82 Å². The van der Waals surface area contributed by atoms with E-state index >= 15 is 0 Å². The van der Waals surface area contributed by atoms with Crippen molar-refractivity contribution in [2.75, 3.05) is 12.3 Å². The summed E-state index contributed by atoms with van der Waals surface area (Å²) in [5, 5.41) is 9.63. The minimum absolute atomic E-state index is 0.162. The number of hydrogen-bond acceptors (Lipinski definition) is 4. The van der Waals surface area contributed by atoms with E-state index in [1.165, 1.54) is 17.5 Å². The Morgan fingerprint density at radius 1 is 1.19 bits per heavy atom. The van der Waals surface area contributed by atoms with E-state index in [1.54, 1.807) is 0 Å². The van der Waals surface area contributed by atoms with Gasteiger partial charge in [0.25, 0.3) is 0 Å². The van der Waals surface area contributed by atoms with E-state index in [-0.39, 0.29) is 12.5 Å². The van der Waals surface area contributed by atoms with Gasteiger partial charge in [0.15, 0.2) is 0 Å². The first-order valence-corrected chi connectivity index (χ1v) is 7.24. The van der Waals surface area contributed by atoms with E-state index < -0.39 is 0 Å². The number of benzene rings is 1. The van der Waals surface area contributed by atoms with E-state index in [0.29, 0.717) is 5.82 Å². The van der Waals surface area contributed by atoms with Gasteiger partial charge in [-0.2, -0.15) is 0 Å². The van der Waals surface area contributed by atoms with Gasteiger partial charge in [0.05, 0.1) is 5.69 Å². The van der Waals surface area contributed by atoms with Gasteiger partial charge in [-0.1, -0.05) is 36.4 Å². The van der Waals surface area contributed by atoms with E-state index in [4.69, 9.17) is 5.73 Å². The summed E-state index contributed by atoms with van der Waals surface area (Å²) in [4.78, 5) is 8.39. The number of aliphatic hydroxyl groups is 1. The molecule has 1 aliphatic carbocycles. The molecular weight excluding hydrogens is 262 g/mol. The number of aliphatic hydroxyl groups excluding tert-OH is 1. The Hall–Kier alpha value is -2.20. The van der Waals surface area contributed by atoms with Gasteiger partial charge in [0.2, 0.25) is 0 Å². The van der Waals surface area contributed by atoms with Crippen LogP contribution in [0.5, 0.6) is 0 Å². The molecule has 0 saturated heterocycles. The zero-order valence-electron chi connectivity index (χ0n) is 11.9. The van der Waals surface area contributed by atoms with E-state index in [2.05, 4.69) is 28.2 Å². The summed E-state index contributed by atoms with van der Waals surface area (Å²) in [5.74, 6) is 0.739. The van der Waals surface area contributed by atoms with Crippen LogP contribution in [0, 0.1) is 0 Å². The molecule has 108 valence electrons. The highest BCUT2D eigenvalue weighted by molar-refractivity contribution is 5.73. The monoisotopic (exact) mass is 281 g/mol. The number of nitrogen functional groups attached to an aromatic ring is 1. The first kappa shape index (κ1) is 13.8. The molecule has 1 aliphatic rings. The fourth-order valence-electron chi connectivity index (χ4n) is 2.86. The molecule has 0 spiro atoms. The smallest absolute Gasteiger partial charge is 0.130 e. The molecule has 0 aliphatic heterocycles. The quantitative estimate of drug-likeness (QED) is 0.883. The Morgan fingerprint density at radius 3 is 2.76 bits per heavy atom. The summed E-state index contributed by atoms with van der Waals surface area (Å²) in [6.07, 6.45) is 6.30. The van der Waals surface area contributed by atoms with Crippen molar-refractivity contribution in [3.05, 3.63) is 59.6 Å². The van der Waals surface area contributed by atoms with E-state index in [9.17, 15) is 5.11 Å². The molecule has 1 atom stereocenters. The SMILES string of the molecule is Nc1ncnc2c1CC=C2CC[C@H](CO)c1ccccc1. The van der Waals surface area contributed by atoms with Crippen LogP contribution in [0.25, 0.3) is 5.57 Å². The average molecular weight is 281 g/mol. The predicted octanol–water partition coefficient (Wildman–Crippen LogP) is 2.55. The van der Waals surface area contributed by atoms with Crippen LogP contribution in [0.2, 0.25) is 0 Å². The van der Waals surface area contributed by atoms with Gasteiger partial charge in [0.1, 0.15) is 12.1 Å². The normalized spacial score (nSPS) is 14.6. The maximum absolute atomic E-state index is 9.63. The first-order valence-electron chi connectivity index (χ1n) is 7.24. The number of nitrogens with zero attached hydrogens (tertiary/aromatic N) is 2. The Balaban J connectivity index is 1.71. The molecule has 21 heavy (non-hydrogen) atoms. The van der Waals surface area contributed by atoms with Gasteiger partial charge < -0.3 is 10.8 Å². The molecule has 0 unspecified atom stereocenters. The summed E-state index contributed by atoms with van der Waals surface area (Å²) in [5.41, 5.74) is 10.3. The van der Waals surface area contributed by atoms with Gasteiger partial charge in [-0.25, -0.2) is 9.97 Å². The summed E-state index contributed by atoms with van der Waals surface area (Å²) >= 11 is 0. The number of hydrogen-bond donors (Lipinski definition) is 2. The third-order valence-corrected chi connectivity index (χ3v) is 4.09. The van der Waals surface area contributed by atoms with Crippen LogP contribution >= 0.6 is 0 Å². The molecule has 2 aromatic rings. The fraction of sp³-hybridized carbons (Fsp3) is 0.294. The lowest BCUT2D eigenvalue weighted by molar-refractivity contribution is 0.260. The Morgan fingerprint density at radius 2 is 2.00 bits per heavy atom. The molecule has 1 aromatic heterocycles. The van der Waals surface area contributed by atoms with Crippen molar-refractivity contribution in [1.29, 1.82) is 0 Å². The fourth-order valence-corrected chi connectivity index (χ4v) is 2.86. The van der Waals surface area contributed by atoms with Crippen LogP contribution < -0.4 is 5.73 Å². The first-order chi connectivity index (χ1) is 10.3.